The first kappa shape index (κ1) is 19.4. The SMILES string of the molecule is Cc1ccc(NC(=O)c2nc(C(=O)Nc3cc(C)ccc3C)n3ccccc23)cc1. The van der Waals surface area contributed by atoms with Crippen LogP contribution < -0.4 is 10.6 Å². The van der Waals surface area contributed by atoms with Gasteiger partial charge in [-0.3, -0.25) is 14.0 Å². The normalized spacial score (nSPS) is 10.8. The lowest BCUT2D eigenvalue weighted by Crippen LogP contribution is -2.17. The van der Waals surface area contributed by atoms with Gasteiger partial charge in [-0.15, -0.1) is 0 Å². The predicted octanol–water partition coefficient (Wildman–Crippen LogP) is 4.76. The van der Waals surface area contributed by atoms with Crippen LogP contribution in [-0.4, -0.2) is 21.2 Å². The van der Waals surface area contributed by atoms with E-state index in [1.807, 2.05) is 69.3 Å². The lowest BCUT2D eigenvalue weighted by atomic mass is 10.1. The molecule has 0 aliphatic carbocycles. The smallest absolute Gasteiger partial charge is 0.292 e. The first-order chi connectivity index (χ1) is 14.4. The molecule has 0 radical (unpaired) electrons. The Morgan fingerprint density at radius 1 is 0.833 bits per heavy atom. The van der Waals surface area contributed by atoms with Crippen LogP contribution in [0.5, 0.6) is 0 Å². The van der Waals surface area contributed by atoms with Crippen LogP contribution in [0.3, 0.4) is 0 Å². The minimum Gasteiger partial charge on any atom is -0.321 e. The van der Waals surface area contributed by atoms with E-state index in [0.29, 0.717) is 11.2 Å². The summed E-state index contributed by atoms with van der Waals surface area (Å²) < 4.78 is 1.63. The average Bonchev–Trinajstić information content (AvgIpc) is 3.12. The number of nitrogens with zero attached hydrogens (tertiary/aromatic N) is 2. The summed E-state index contributed by atoms with van der Waals surface area (Å²) in [6.07, 6.45) is 1.73. The van der Waals surface area contributed by atoms with Gasteiger partial charge in [0.2, 0.25) is 5.82 Å². The molecule has 150 valence electrons. The fourth-order valence-corrected chi connectivity index (χ4v) is 3.24. The van der Waals surface area contributed by atoms with Gasteiger partial charge in [0.15, 0.2) is 5.69 Å². The summed E-state index contributed by atoms with van der Waals surface area (Å²) in [6.45, 7) is 5.88. The molecule has 2 heterocycles. The van der Waals surface area contributed by atoms with Crippen LogP contribution in [0.25, 0.3) is 5.52 Å². The van der Waals surface area contributed by atoms with Crippen molar-refractivity contribution in [2.24, 2.45) is 0 Å². The standard InChI is InChI=1S/C24H22N4O2/c1-15-8-11-18(12-9-15)25-23(29)21-20-6-4-5-13-28(20)22(27-21)24(30)26-19-14-16(2)7-10-17(19)3/h4-14H,1-3H3,(H,25,29)(H,26,30). The fourth-order valence-electron chi connectivity index (χ4n) is 3.24. The molecule has 6 heteroatoms. The zero-order valence-corrected chi connectivity index (χ0v) is 17.1. The van der Waals surface area contributed by atoms with E-state index in [4.69, 9.17) is 0 Å². The van der Waals surface area contributed by atoms with Gasteiger partial charge in [0.05, 0.1) is 5.52 Å². The third-order valence-corrected chi connectivity index (χ3v) is 4.92. The van der Waals surface area contributed by atoms with Crippen molar-refractivity contribution in [3.8, 4) is 0 Å². The van der Waals surface area contributed by atoms with Crippen LogP contribution in [0.15, 0.2) is 66.9 Å². The maximum Gasteiger partial charge on any atom is 0.292 e. The van der Waals surface area contributed by atoms with Gasteiger partial charge in [-0.25, -0.2) is 4.98 Å². The highest BCUT2D eigenvalue weighted by Crippen LogP contribution is 2.20. The van der Waals surface area contributed by atoms with Crippen LogP contribution in [0.1, 0.15) is 37.8 Å². The molecule has 0 spiro atoms. The number of aromatic nitrogens is 2. The van der Waals surface area contributed by atoms with Crippen molar-refractivity contribution in [1.82, 2.24) is 9.38 Å². The van der Waals surface area contributed by atoms with Crippen molar-refractivity contribution in [3.63, 3.8) is 0 Å². The van der Waals surface area contributed by atoms with Crippen LogP contribution in [0.4, 0.5) is 11.4 Å². The number of hydrogen-bond donors (Lipinski definition) is 2. The Morgan fingerprint density at radius 2 is 1.57 bits per heavy atom. The Morgan fingerprint density at radius 3 is 2.33 bits per heavy atom. The number of nitrogens with one attached hydrogen (secondary N) is 2. The third-order valence-electron chi connectivity index (χ3n) is 4.92. The minimum atomic E-state index is -0.376. The molecule has 2 amide bonds. The second-order valence-corrected chi connectivity index (χ2v) is 7.33. The van der Waals surface area contributed by atoms with E-state index in [1.165, 1.54) is 0 Å². The Hall–Kier alpha value is -3.93. The van der Waals surface area contributed by atoms with Gasteiger partial charge >= 0.3 is 0 Å². The molecule has 0 atom stereocenters. The van der Waals surface area contributed by atoms with E-state index in [1.54, 1.807) is 22.7 Å². The van der Waals surface area contributed by atoms with Crippen LogP contribution in [0, 0.1) is 20.8 Å². The first-order valence-electron chi connectivity index (χ1n) is 9.66. The van der Waals surface area contributed by atoms with E-state index in [0.717, 1.165) is 22.4 Å². The van der Waals surface area contributed by atoms with Crippen molar-refractivity contribution >= 4 is 28.7 Å². The summed E-state index contributed by atoms with van der Waals surface area (Å²) in [7, 11) is 0. The number of anilines is 2. The zero-order chi connectivity index (χ0) is 21.3. The van der Waals surface area contributed by atoms with Gasteiger partial charge in [0.1, 0.15) is 0 Å². The summed E-state index contributed by atoms with van der Waals surface area (Å²) >= 11 is 0. The molecule has 4 aromatic rings. The molecular formula is C24H22N4O2. The highest BCUT2D eigenvalue weighted by atomic mass is 16.2. The lowest BCUT2D eigenvalue weighted by Gasteiger charge is -2.08. The highest BCUT2D eigenvalue weighted by Gasteiger charge is 2.22. The molecule has 2 N–H and O–H groups in total. The van der Waals surface area contributed by atoms with Crippen molar-refractivity contribution in [2.75, 3.05) is 10.6 Å². The maximum atomic E-state index is 13.0. The molecule has 0 aliphatic rings. The Labute approximate surface area is 174 Å². The number of rotatable bonds is 4. The van der Waals surface area contributed by atoms with E-state index in [2.05, 4.69) is 15.6 Å². The maximum absolute atomic E-state index is 13.0. The topological polar surface area (TPSA) is 75.5 Å². The fraction of sp³-hybridized carbons (Fsp3) is 0.125. The Bertz CT molecular complexity index is 1260. The third kappa shape index (κ3) is 3.80. The molecule has 0 aliphatic heterocycles. The molecule has 0 bridgehead atoms. The Balaban J connectivity index is 1.68. The van der Waals surface area contributed by atoms with Gasteiger partial charge in [-0.1, -0.05) is 35.9 Å². The second-order valence-electron chi connectivity index (χ2n) is 7.33. The van der Waals surface area contributed by atoms with Crippen LogP contribution in [0.2, 0.25) is 0 Å². The highest BCUT2D eigenvalue weighted by molar-refractivity contribution is 6.10. The number of amides is 2. The quantitative estimate of drug-likeness (QED) is 0.520. The van der Waals surface area contributed by atoms with Gasteiger partial charge in [0.25, 0.3) is 11.8 Å². The summed E-state index contributed by atoms with van der Waals surface area (Å²) in [5.41, 5.74) is 5.25. The Kier molecular flexibility index (Phi) is 5.06. The molecule has 2 aromatic carbocycles. The molecule has 4 rings (SSSR count). The predicted molar refractivity (Wildman–Crippen MR) is 118 cm³/mol. The number of fused-ring (bicyclic) bond motifs is 1. The van der Waals surface area contributed by atoms with Gasteiger partial charge < -0.3 is 10.6 Å². The number of carbonyl (C=O) groups excluding carboxylic acids is 2. The summed E-state index contributed by atoms with van der Waals surface area (Å²) in [6, 6.07) is 18.7. The van der Waals surface area contributed by atoms with Crippen molar-refractivity contribution in [2.45, 2.75) is 20.8 Å². The van der Waals surface area contributed by atoms with Crippen molar-refractivity contribution in [3.05, 3.63) is 95.1 Å². The lowest BCUT2D eigenvalue weighted by molar-refractivity contribution is 0.101. The summed E-state index contributed by atoms with van der Waals surface area (Å²) in [5.74, 6) is -0.590. The minimum absolute atomic E-state index is 0.153. The molecule has 6 nitrogen and oxygen atoms in total. The largest absolute Gasteiger partial charge is 0.321 e. The van der Waals surface area contributed by atoms with E-state index in [9.17, 15) is 9.59 Å². The average molecular weight is 398 g/mol. The second kappa shape index (κ2) is 7.83. The van der Waals surface area contributed by atoms with Gasteiger partial charge in [-0.05, 0) is 62.2 Å². The van der Waals surface area contributed by atoms with Crippen molar-refractivity contribution < 1.29 is 9.59 Å². The molecule has 2 aromatic heterocycles. The summed E-state index contributed by atoms with van der Waals surface area (Å²) in [4.78, 5) is 30.3. The van der Waals surface area contributed by atoms with Gasteiger partial charge in [-0.2, -0.15) is 0 Å². The number of hydrogen-bond acceptors (Lipinski definition) is 3. The van der Waals surface area contributed by atoms with E-state index < -0.39 is 0 Å². The molecule has 0 unspecified atom stereocenters. The van der Waals surface area contributed by atoms with Gasteiger partial charge in [0, 0.05) is 17.6 Å². The number of aryl methyl sites for hydroxylation is 3. The molecule has 30 heavy (non-hydrogen) atoms. The number of carbonyl (C=O) groups is 2. The van der Waals surface area contributed by atoms with Crippen molar-refractivity contribution in [1.29, 1.82) is 0 Å². The molecule has 0 saturated carbocycles. The van der Waals surface area contributed by atoms with E-state index in [-0.39, 0.29) is 23.3 Å². The monoisotopic (exact) mass is 398 g/mol. The molecule has 0 saturated heterocycles. The van der Waals surface area contributed by atoms with E-state index >= 15 is 0 Å². The number of pyridine rings is 1. The first-order valence-corrected chi connectivity index (χ1v) is 9.66. The molecule has 0 fully saturated rings. The number of imidazole rings is 1. The van der Waals surface area contributed by atoms with Crippen LogP contribution in [-0.2, 0) is 0 Å². The zero-order valence-electron chi connectivity index (χ0n) is 17.1. The summed E-state index contributed by atoms with van der Waals surface area (Å²) in [5, 5.41) is 5.76. The molecular weight excluding hydrogens is 376 g/mol. The van der Waals surface area contributed by atoms with Crippen LogP contribution >= 0.6 is 0 Å². The number of benzene rings is 2.